The zero-order valence-corrected chi connectivity index (χ0v) is 15.5. The Hall–Kier alpha value is -2.68. The summed E-state index contributed by atoms with van der Waals surface area (Å²) in [4.78, 5) is 21.0. The second-order valence-electron chi connectivity index (χ2n) is 6.68. The number of nitrogens with zero attached hydrogens (tertiary/aromatic N) is 2. The van der Waals surface area contributed by atoms with Gasteiger partial charge < -0.3 is 15.4 Å². The van der Waals surface area contributed by atoms with Gasteiger partial charge in [0.2, 0.25) is 11.8 Å². The summed E-state index contributed by atoms with van der Waals surface area (Å²) in [5, 5.41) is 6.04. The van der Waals surface area contributed by atoms with Crippen LogP contribution in [0, 0.1) is 5.92 Å². The monoisotopic (exact) mass is 394 g/mol. The fourth-order valence-electron chi connectivity index (χ4n) is 3.24. The minimum atomic E-state index is -4.44. The Kier molecular flexibility index (Phi) is 5.83. The number of hydrogen-bond donors (Lipinski definition) is 2. The molecule has 0 radical (unpaired) electrons. The molecule has 1 fully saturated rings. The Bertz CT molecular complexity index is 827. The molecule has 150 valence electrons. The van der Waals surface area contributed by atoms with Crippen molar-refractivity contribution in [1.29, 1.82) is 0 Å². The van der Waals surface area contributed by atoms with Crippen LogP contribution in [0.2, 0.25) is 0 Å². The van der Waals surface area contributed by atoms with Gasteiger partial charge >= 0.3 is 6.18 Å². The number of methoxy groups -OCH3 is 1. The van der Waals surface area contributed by atoms with Crippen molar-refractivity contribution in [2.75, 3.05) is 20.2 Å². The fourth-order valence-corrected chi connectivity index (χ4v) is 3.24. The molecule has 1 amide bonds. The Morgan fingerprint density at radius 1 is 1.29 bits per heavy atom. The van der Waals surface area contributed by atoms with E-state index in [2.05, 4.69) is 20.6 Å². The van der Waals surface area contributed by atoms with Crippen molar-refractivity contribution in [3.63, 3.8) is 0 Å². The van der Waals surface area contributed by atoms with Crippen LogP contribution in [0.4, 0.5) is 13.2 Å². The zero-order chi connectivity index (χ0) is 20.3. The summed E-state index contributed by atoms with van der Waals surface area (Å²) >= 11 is 0. The van der Waals surface area contributed by atoms with Gasteiger partial charge in [-0.2, -0.15) is 13.2 Å². The maximum absolute atomic E-state index is 12.8. The number of amides is 1. The lowest BCUT2D eigenvalue weighted by atomic mass is 9.91. The van der Waals surface area contributed by atoms with Gasteiger partial charge in [-0.05, 0) is 25.1 Å². The van der Waals surface area contributed by atoms with Gasteiger partial charge in [0, 0.05) is 37.0 Å². The maximum Gasteiger partial charge on any atom is 0.417 e. The number of alkyl halides is 3. The van der Waals surface area contributed by atoms with Gasteiger partial charge in [-0.25, -0.2) is 4.98 Å². The number of nitrogens with one attached hydrogen (secondary N) is 2. The van der Waals surface area contributed by atoms with E-state index in [0.29, 0.717) is 30.4 Å². The third-order valence-electron chi connectivity index (χ3n) is 4.80. The van der Waals surface area contributed by atoms with Crippen LogP contribution in [0.3, 0.4) is 0 Å². The number of hydrogen-bond acceptors (Lipinski definition) is 5. The second kappa shape index (κ2) is 8.14. The Morgan fingerprint density at radius 3 is 2.71 bits per heavy atom. The summed E-state index contributed by atoms with van der Waals surface area (Å²) in [6, 6.07) is 7.28. The lowest BCUT2D eigenvalue weighted by Crippen LogP contribution is -2.36. The fraction of sp³-hybridized carbons (Fsp3) is 0.421. The molecule has 3 heterocycles. The van der Waals surface area contributed by atoms with Crippen LogP contribution in [-0.2, 0) is 11.0 Å². The van der Waals surface area contributed by atoms with Crippen LogP contribution in [0.1, 0.15) is 35.8 Å². The highest BCUT2D eigenvalue weighted by molar-refractivity contribution is 5.80. The van der Waals surface area contributed by atoms with Crippen molar-refractivity contribution in [1.82, 2.24) is 20.6 Å². The Balaban J connectivity index is 1.70. The minimum absolute atomic E-state index is 0.200. The van der Waals surface area contributed by atoms with Crippen LogP contribution in [0.5, 0.6) is 5.88 Å². The van der Waals surface area contributed by atoms with Gasteiger partial charge in [-0.3, -0.25) is 9.78 Å². The number of carbonyl (C=O) groups excluding carboxylic acids is 1. The largest absolute Gasteiger partial charge is 0.481 e. The molecule has 1 aliphatic rings. The highest BCUT2D eigenvalue weighted by Gasteiger charge is 2.36. The van der Waals surface area contributed by atoms with E-state index < -0.39 is 17.7 Å². The van der Waals surface area contributed by atoms with Crippen LogP contribution >= 0.6 is 0 Å². The first kappa shape index (κ1) is 20.1. The SMILES string of the molecule is COc1cccc(C(C)NC(=O)C2CNCC2c2ccc(C(F)(F)F)cn2)n1. The summed E-state index contributed by atoms with van der Waals surface area (Å²) in [6.45, 7) is 2.72. The molecule has 0 spiro atoms. The highest BCUT2D eigenvalue weighted by Crippen LogP contribution is 2.32. The van der Waals surface area contributed by atoms with Crippen molar-refractivity contribution in [2.45, 2.75) is 25.1 Å². The van der Waals surface area contributed by atoms with Gasteiger partial charge in [-0.1, -0.05) is 6.07 Å². The molecule has 3 unspecified atom stereocenters. The van der Waals surface area contributed by atoms with Crippen molar-refractivity contribution < 1.29 is 22.7 Å². The molecule has 2 N–H and O–H groups in total. The number of ether oxygens (including phenoxy) is 1. The molecule has 2 aromatic rings. The highest BCUT2D eigenvalue weighted by atomic mass is 19.4. The lowest BCUT2D eigenvalue weighted by Gasteiger charge is -2.21. The summed E-state index contributed by atoms with van der Waals surface area (Å²) in [7, 11) is 1.52. The van der Waals surface area contributed by atoms with Gasteiger partial charge in [0.15, 0.2) is 0 Å². The van der Waals surface area contributed by atoms with Gasteiger partial charge in [0.05, 0.1) is 30.3 Å². The van der Waals surface area contributed by atoms with Gasteiger partial charge in [-0.15, -0.1) is 0 Å². The molecule has 3 atom stereocenters. The molecule has 0 bridgehead atoms. The van der Waals surface area contributed by atoms with Gasteiger partial charge in [0.25, 0.3) is 0 Å². The van der Waals surface area contributed by atoms with Crippen molar-refractivity contribution in [3.05, 3.63) is 53.5 Å². The molecule has 1 saturated heterocycles. The Morgan fingerprint density at radius 2 is 2.07 bits per heavy atom. The average Bonchev–Trinajstić information content (AvgIpc) is 3.17. The van der Waals surface area contributed by atoms with E-state index in [1.165, 1.54) is 13.2 Å². The van der Waals surface area contributed by atoms with E-state index in [4.69, 9.17) is 4.74 Å². The standard InChI is InChI=1S/C19H21F3N4O2/c1-11(15-4-3-5-17(26-15)28-2)25-18(27)14-10-23-9-13(14)16-7-6-12(8-24-16)19(20,21)22/h3-8,11,13-14,23H,9-10H2,1-2H3,(H,25,27). The molecule has 0 saturated carbocycles. The van der Waals surface area contributed by atoms with Crippen molar-refractivity contribution >= 4 is 5.91 Å². The quantitative estimate of drug-likeness (QED) is 0.816. The molecule has 1 aliphatic heterocycles. The second-order valence-corrected chi connectivity index (χ2v) is 6.68. The average molecular weight is 394 g/mol. The number of carbonyl (C=O) groups is 1. The summed E-state index contributed by atoms with van der Waals surface area (Å²) in [6.07, 6.45) is -3.62. The maximum atomic E-state index is 12.8. The first-order chi connectivity index (χ1) is 13.3. The molecule has 2 aromatic heterocycles. The first-order valence-electron chi connectivity index (χ1n) is 8.84. The predicted octanol–water partition coefficient (Wildman–Crippen LogP) is 2.68. The topological polar surface area (TPSA) is 76.1 Å². The normalized spacial score (nSPS) is 20.6. The number of pyridine rings is 2. The molecule has 0 aliphatic carbocycles. The lowest BCUT2D eigenvalue weighted by molar-refractivity contribution is -0.137. The molecular weight excluding hydrogens is 373 g/mol. The molecule has 28 heavy (non-hydrogen) atoms. The molecule has 9 heteroatoms. The molecular formula is C19H21F3N4O2. The Labute approximate surface area is 160 Å². The van der Waals surface area contributed by atoms with Crippen LogP contribution < -0.4 is 15.4 Å². The number of halogens is 3. The molecule has 6 nitrogen and oxygen atoms in total. The molecule has 3 rings (SSSR count). The van der Waals surface area contributed by atoms with E-state index >= 15 is 0 Å². The third kappa shape index (κ3) is 4.41. The van der Waals surface area contributed by atoms with E-state index in [1.807, 2.05) is 6.92 Å². The van der Waals surface area contributed by atoms with E-state index in [9.17, 15) is 18.0 Å². The summed E-state index contributed by atoms with van der Waals surface area (Å²) in [5.41, 5.74) is 0.314. The van der Waals surface area contributed by atoms with Crippen LogP contribution in [-0.4, -0.2) is 36.1 Å². The summed E-state index contributed by atoms with van der Waals surface area (Å²) < 4.78 is 43.3. The smallest absolute Gasteiger partial charge is 0.417 e. The van der Waals surface area contributed by atoms with Crippen LogP contribution in [0.15, 0.2) is 36.5 Å². The van der Waals surface area contributed by atoms with E-state index in [0.717, 1.165) is 12.3 Å². The summed E-state index contributed by atoms with van der Waals surface area (Å²) in [5.74, 6) is -0.480. The minimum Gasteiger partial charge on any atom is -0.481 e. The number of aromatic nitrogens is 2. The molecule has 0 aromatic carbocycles. The predicted molar refractivity (Wildman–Crippen MR) is 95.7 cm³/mol. The van der Waals surface area contributed by atoms with Crippen molar-refractivity contribution in [2.24, 2.45) is 5.92 Å². The third-order valence-corrected chi connectivity index (χ3v) is 4.80. The van der Waals surface area contributed by atoms with Crippen LogP contribution in [0.25, 0.3) is 0 Å². The zero-order valence-electron chi connectivity index (χ0n) is 15.5. The van der Waals surface area contributed by atoms with E-state index in [-0.39, 0.29) is 17.9 Å². The van der Waals surface area contributed by atoms with E-state index in [1.54, 1.807) is 18.2 Å². The van der Waals surface area contributed by atoms with Crippen molar-refractivity contribution in [3.8, 4) is 5.88 Å². The number of rotatable bonds is 5. The first-order valence-corrected chi connectivity index (χ1v) is 8.84. The van der Waals surface area contributed by atoms with Gasteiger partial charge in [0.1, 0.15) is 0 Å².